The maximum absolute atomic E-state index is 12.9. The van der Waals surface area contributed by atoms with Crippen LogP contribution < -0.4 is 0 Å². The molecule has 1 unspecified atom stereocenters. The SMILES string of the molecule is CCCN(C(=O)OCC1c2ccccc2-c2ccccc21)C(CCCSC)C(=O)O. The van der Waals surface area contributed by atoms with Crippen LogP contribution in [0.5, 0.6) is 0 Å². The van der Waals surface area contributed by atoms with Crippen LogP contribution in [0.15, 0.2) is 48.5 Å². The number of amides is 1. The van der Waals surface area contributed by atoms with Gasteiger partial charge in [-0.2, -0.15) is 11.8 Å². The van der Waals surface area contributed by atoms with Gasteiger partial charge in [-0.3, -0.25) is 4.90 Å². The van der Waals surface area contributed by atoms with Gasteiger partial charge in [0.1, 0.15) is 12.6 Å². The maximum Gasteiger partial charge on any atom is 0.410 e. The van der Waals surface area contributed by atoms with Crippen molar-refractivity contribution in [3.05, 3.63) is 59.7 Å². The second-order valence-electron chi connectivity index (χ2n) is 7.49. The number of carbonyl (C=O) groups is 2. The summed E-state index contributed by atoms with van der Waals surface area (Å²) >= 11 is 1.68. The van der Waals surface area contributed by atoms with E-state index in [0.29, 0.717) is 19.4 Å². The third kappa shape index (κ3) is 4.81. The molecule has 1 aliphatic rings. The summed E-state index contributed by atoms with van der Waals surface area (Å²) in [5, 5.41) is 9.70. The normalized spacial score (nSPS) is 13.4. The zero-order valence-electron chi connectivity index (χ0n) is 17.5. The predicted octanol–water partition coefficient (Wildman–Crippen LogP) is 5.24. The molecular formula is C24H29NO4S. The monoisotopic (exact) mass is 427 g/mol. The first kappa shape index (κ1) is 22.2. The van der Waals surface area contributed by atoms with Crippen LogP contribution in [0.3, 0.4) is 0 Å². The highest BCUT2D eigenvalue weighted by Gasteiger charge is 2.33. The van der Waals surface area contributed by atoms with Crippen molar-refractivity contribution in [3.63, 3.8) is 0 Å². The van der Waals surface area contributed by atoms with Crippen molar-refractivity contribution >= 4 is 23.8 Å². The number of benzene rings is 2. The van der Waals surface area contributed by atoms with Crippen molar-refractivity contribution in [2.45, 2.75) is 38.1 Å². The third-order valence-corrected chi connectivity index (χ3v) is 6.22. The standard InChI is InChI=1S/C24H29NO4S/c1-3-14-25(22(23(26)27)13-8-15-30-2)24(28)29-16-21-19-11-6-4-9-17(19)18-10-5-7-12-20(18)21/h4-7,9-12,21-22H,3,8,13-16H2,1-2H3,(H,26,27). The van der Waals surface area contributed by atoms with E-state index in [9.17, 15) is 14.7 Å². The minimum Gasteiger partial charge on any atom is -0.480 e. The summed E-state index contributed by atoms with van der Waals surface area (Å²) in [5.41, 5.74) is 4.62. The fourth-order valence-electron chi connectivity index (χ4n) is 4.13. The van der Waals surface area contributed by atoms with Crippen LogP contribution in [0.25, 0.3) is 11.1 Å². The van der Waals surface area contributed by atoms with Gasteiger partial charge >= 0.3 is 12.1 Å². The lowest BCUT2D eigenvalue weighted by molar-refractivity contribution is -0.143. The summed E-state index contributed by atoms with van der Waals surface area (Å²) in [7, 11) is 0. The van der Waals surface area contributed by atoms with Gasteiger partial charge in [0.25, 0.3) is 0 Å². The summed E-state index contributed by atoms with van der Waals surface area (Å²) in [6.07, 6.45) is 3.30. The summed E-state index contributed by atoms with van der Waals surface area (Å²) in [4.78, 5) is 26.2. The Morgan fingerprint density at radius 3 is 2.23 bits per heavy atom. The molecule has 2 aromatic rings. The van der Waals surface area contributed by atoms with E-state index in [1.807, 2.05) is 37.4 Å². The Morgan fingerprint density at radius 1 is 1.10 bits per heavy atom. The van der Waals surface area contributed by atoms with Crippen molar-refractivity contribution in [1.82, 2.24) is 4.90 Å². The lowest BCUT2D eigenvalue weighted by atomic mass is 9.98. The van der Waals surface area contributed by atoms with Gasteiger partial charge in [0, 0.05) is 12.5 Å². The topological polar surface area (TPSA) is 66.8 Å². The molecule has 0 heterocycles. The Hall–Kier alpha value is -2.47. The van der Waals surface area contributed by atoms with E-state index < -0.39 is 18.1 Å². The first-order valence-corrected chi connectivity index (χ1v) is 11.8. The lowest BCUT2D eigenvalue weighted by Gasteiger charge is -2.28. The van der Waals surface area contributed by atoms with E-state index in [4.69, 9.17) is 4.74 Å². The summed E-state index contributed by atoms with van der Waals surface area (Å²) < 4.78 is 5.71. The Morgan fingerprint density at radius 2 is 1.70 bits per heavy atom. The number of ether oxygens (including phenoxy) is 1. The number of hydrogen-bond donors (Lipinski definition) is 1. The fraction of sp³-hybridized carbons (Fsp3) is 0.417. The Bertz CT molecular complexity index is 840. The van der Waals surface area contributed by atoms with Gasteiger partial charge in [-0.15, -0.1) is 0 Å². The molecule has 0 saturated heterocycles. The second kappa shape index (κ2) is 10.5. The molecule has 0 spiro atoms. The van der Waals surface area contributed by atoms with Gasteiger partial charge in [-0.1, -0.05) is 55.5 Å². The van der Waals surface area contributed by atoms with Crippen LogP contribution >= 0.6 is 11.8 Å². The number of carboxylic acid groups (broad SMARTS) is 1. The first-order chi connectivity index (χ1) is 14.6. The Balaban J connectivity index is 1.74. The molecule has 0 aliphatic heterocycles. The van der Waals surface area contributed by atoms with Crippen molar-refractivity contribution in [2.75, 3.05) is 25.2 Å². The number of aliphatic carboxylic acids is 1. The molecule has 0 bridgehead atoms. The van der Waals surface area contributed by atoms with Crippen molar-refractivity contribution < 1.29 is 19.4 Å². The molecule has 2 aromatic carbocycles. The summed E-state index contributed by atoms with van der Waals surface area (Å²) in [5.74, 6) is -0.142. The van der Waals surface area contributed by atoms with Crippen LogP contribution in [0.4, 0.5) is 4.79 Å². The molecule has 30 heavy (non-hydrogen) atoms. The van der Waals surface area contributed by atoms with Crippen LogP contribution in [0.2, 0.25) is 0 Å². The average molecular weight is 428 g/mol. The van der Waals surface area contributed by atoms with Gasteiger partial charge < -0.3 is 9.84 Å². The zero-order valence-corrected chi connectivity index (χ0v) is 18.4. The molecule has 0 saturated carbocycles. The minimum atomic E-state index is -0.974. The number of carbonyl (C=O) groups excluding carboxylic acids is 1. The minimum absolute atomic E-state index is 0.0374. The van der Waals surface area contributed by atoms with Gasteiger partial charge in [0.2, 0.25) is 0 Å². The van der Waals surface area contributed by atoms with Gasteiger partial charge in [0.15, 0.2) is 0 Å². The summed E-state index contributed by atoms with van der Waals surface area (Å²) in [6.45, 7) is 2.50. The van der Waals surface area contributed by atoms with E-state index in [-0.39, 0.29) is 12.5 Å². The highest BCUT2D eigenvalue weighted by atomic mass is 32.2. The smallest absolute Gasteiger partial charge is 0.410 e. The highest BCUT2D eigenvalue weighted by Crippen LogP contribution is 2.44. The number of nitrogens with zero attached hydrogens (tertiary/aromatic N) is 1. The number of fused-ring (bicyclic) bond motifs is 3. The zero-order chi connectivity index (χ0) is 21.5. The molecule has 160 valence electrons. The molecule has 3 rings (SSSR count). The fourth-order valence-corrected chi connectivity index (χ4v) is 4.58. The van der Waals surface area contributed by atoms with Crippen molar-refractivity contribution in [3.8, 4) is 11.1 Å². The van der Waals surface area contributed by atoms with Gasteiger partial charge in [-0.05, 0) is 53.5 Å². The molecule has 0 radical (unpaired) electrons. The van der Waals surface area contributed by atoms with Crippen molar-refractivity contribution in [1.29, 1.82) is 0 Å². The maximum atomic E-state index is 12.9. The van der Waals surface area contributed by atoms with Gasteiger partial charge in [-0.25, -0.2) is 9.59 Å². The molecular weight excluding hydrogens is 398 g/mol. The lowest BCUT2D eigenvalue weighted by Crippen LogP contribution is -2.46. The number of hydrogen-bond acceptors (Lipinski definition) is 4. The first-order valence-electron chi connectivity index (χ1n) is 10.4. The van der Waals surface area contributed by atoms with Crippen LogP contribution in [-0.4, -0.2) is 53.3 Å². The summed E-state index contributed by atoms with van der Waals surface area (Å²) in [6, 6.07) is 15.5. The predicted molar refractivity (Wildman–Crippen MR) is 121 cm³/mol. The molecule has 0 aromatic heterocycles. The molecule has 0 fully saturated rings. The third-order valence-electron chi connectivity index (χ3n) is 5.52. The van der Waals surface area contributed by atoms with E-state index in [1.54, 1.807) is 11.8 Å². The van der Waals surface area contributed by atoms with E-state index in [2.05, 4.69) is 24.3 Å². The van der Waals surface area contributed by atoms with E-state index in [0.717, 1.165) is 23.3 Å². The molecule has 1 N–H and O–H groups in total. The molecule has 1 amide bonds. The number of thioether (sulfide) groups is 1. The number of carboxylic acids is 1. The molecule has 6 heteroatoms. The highest BCUT2D eigenvalue weighted by molar-refractivity contribution is 7.98. The van der Waals surface area contributed by atoms with Crippen LogP contribution in [0.1, 0.15) is 43.2 Å². The molecule has 5 nitrogen and oxygen atoms in total. The van der Waals surface area contributed by atoms with E-state index >= 15 is 0 Å². The van der Waals surface area contributed by atoms with Crippen molar-refractivity contribution in [2.24, 2.45) is 0 Å². The quantitative estimate of drug-likeness (QED) is 0.525. The molecule has 1 atom stereocenters. The van der Waals surface area contributed by atoms with Crippen LogP contribution in [0, 0.1) is 0 Å². The average Bonchev–Trinajstić information content (AvgIpc) is 3.07. The second-order valence-corrected chi connectivity index (χ2v) is 8.47. The van der Waals surface area contributed by atoms with E-state index in [1.165, 1.54) is 16.0 Å². The Labute approximate surface area is 182 Å². The van der Waals surface area contributed by atoms with Crippen LogP contribution in [-0.2, 0) is 9.53 Å². The van der Waals surface area contributed by atoms with Gasteiger partial charge in [0.05, 0.1) is 0 Å². The Kier molecular flexibility index (Phi) is 7.80. The largest absolute Gasteiger partial charge is 0.480 e. The molecule has 1 aliphatic carbocycles. The number of rotatable bonds is 10.